The molecule has 0 spiro atoms. The summed E-state index contributed by atoms with van der Waals surface area (Å²) in [6.45, 7) is 3.57. The number of aromatic nitrogens is 4. The van der Waals surface area contributed by atoms with Crippen LogP contribution < -0.4 is 10.6 Å². The van der Waals surface area contributed by atoms with Gasteiger partial charge in [0.1, 0.15) is 35.0 Å². The van der Waals surface area contributed by atoms with Gasteiger partial charge in [-0.3, -0.25) is 0 Å². The molecule has 1 aromatic carbocycles. The van der Waals surface area contributed by atoms with Gasteiger partial charge in [0.25, 0.3) is 0 Å². The van der Waals surface area contributed by atoms with E-state index in [1.807, 2.05) is 4.57 Å². The maximum absolute atomic E-state index is 15.6. The highest BCUT2D eigenvalue weighted by Gasteiger charge is 2.37. The second-order valence-corrected chi connectivity index (χ2v) is 9.70. The van der Waals surface area contributed by atoms with E-state index in [4.69, 9.17) is 17.3 Å². The van der Waals surface area contributed by atoms with Gasteiger partial charge in [0, 0.05) is 31.4 Å². The molecule has 0 radical (unpaired) electrons. The van der Waals surface area contributed by atoms with Crippen LogP contribution in [0.25, 0.3) is 11.3 Å². The standard InChI is InChI=1S/C24H25ClF5N7/c25-20-21(31)32-13-33-23(20)36-7-4-15(18(27)11-36)22-34-19(12-37(22)9-8-35-5-1-6-35)14-2-3-17(26)16(10-14)24(28,29)30/h2-3,10,12-13,15,18H,1,4-9,11H2,(H2,31,32,33). The number of nitrogens with two attached hydrogens (primary N) is 1. The first-order valence-corrected chi connectivity index (χ1v) is 12.3. The van der Waals surface area contributed by atoms with Gasteiger partial charge in [-0.05, 0) is 44.1 Å². The van der Waals surface area contributed by atoms with Crippen LogP contribution in [0.3, 0.4) is 0 Å². The summed E-state index contributed by atoms with van der Waals surface area (Å²) in [4.78, 5) is 16.5. The Morgan fingerprint density at radius 1 is 1.11 bits per heavy atom. The number of hydrogen-bond acceptors (Lipinski definition) is 6. The van der Waals surface area contributed by atoms with Gasteiger partial charge >= 0.3 is 6.18 Å². The SMILES string of the molecule is Nc1ncnc(N2CCC(c3nc(-c4ccc(F)c(C(F)(F)F)c4)cn3CCN3CCC3)C(F)C2)c1Cl. The lowest BCUT2D eigenvalue weighted by atomic mass is 9.94. The molecule has 3 aromatic rings. The average Bonchev–Trinajstić information content (AvgIpc) is 3.23. The topological polar surface area (TPSA) is 76.1 Å². The smallest absolute Gasteiger partial charge is 0.382 e. The second-order valence-electron chi connectivity index (χ2n) is 9.32. The fourth-order valence-electron chi connectivity index (χ4n) is 4.78. The zero-order valence-electron chi connectivity index (χ0n) is 19.7. The van der Waals surface area contributed by atoms with E-state index in [9.17, 15) is 17.6 Å². The molecule has 2 N–H and O–H groups in total. The lowest BCUT2D eigenvalue weighted by Crippen LogP contribution is -2.43. The van der Waals surface area contributed by atoms with Gasteiger partial charge in [0.2, 0.25) is 0 Å². The largest absolute Gasteiger partial charge is 0.419 e. The molecule has 2 unspecified atom stereocenters. The van der Waals surface area contributed by atoms with Crippen molar-refractivity contribution in [1.82, 2.24) is 24.4 Å². The number of nitrogen functional groups attached to an aromatic ring is 1. The summed E-state index contributed by atoms with van der Waals surface area (Å²) in [7, 11) is 0. The summed E-state index contributed by atoms with van der Waals surface area (Å²) in [5, 5.41) is 0.156. The molecule has 4 heterocycles. The van der Waals surface area contributed by atoms with Gasteiger partial charge in [0.05, 0.1) is 23.7 Å². The van der Waals surface area contributed by atoms with E-state index in [-0.39, 0.29) is 28.6 Å². The third kappa shape index (κ3) is 5.22. The Hall–Kier alpha value is -2.99. The van der Waals surface area contributed by atoms with Crippen molar-refractivity contribution in [2.24, 2.45) is 0 Å². The predicted octanol–water partition coefficient (Wildman–Crippen LogP) is 4.77. The van der Waals surface area contributed by atoms with Crippen LogP contribution in [0.5, 0.6) is 0 Å². The summed E-state index contributed by atoms with van der Waals surface area (Å²) in [5.74, 6) is -1.04. The fourth-order valence-corrected chi connectivity index (χ4v) is 5.00. The monoisotopic (exact) mass is 541 g/mol. The highest BCUT2D eigenvalue weighted by Crippen LogP contribution is 2.38. The van der Waals surface area contributed by atoms with Crippen LogP contribution >= 0.6 is 11.6 Å². The third-order valence-electron chi connectivity index (χ3n) is 6.95. The number of alkyl halides is 4. The van der Waals surface area contributed by atoms with Crippen LogP contribution in [0, 0.1) is 5.82 Å². The van der Waals surface area contributed by atoms with E-state index in [1.165, 1.54) is 12.4 Å². The Kier molecular flexibility index (Phi) is 6.97. The fraction of sp³-hybridized carbons (Fsp3) is 0.458. The average molecular weight is 542 g/mol. The first-order chi connectivity index (χ1) is 17.6. The molecule has 198 valence electrons. The van der Waals surface area contributed by atoms with Crippen LogP contribution in [-0.4, -0.2) is 63.3 Å². The number of hydrogen-bond donors (Lipinski definition) is 1. The van der Waals surface area contributed by atoms with Crippen LogP contribution in [0.15, 0.2) is 30.7 Å². The quantitative estimate of drug-likeness (QED) is 0.453. The maximum atomic E-state index is 15.6. The number of halogens is 6. The zero-order chi connectivity index (χ0) is 26.3. The minimum Gasteiger partial charge on any atom is -0.382 e. The molecule has 13 heteroatoms. The van der Waals surface area contributed by atoms with E-state index in [0.717, 1.165) is 31.6 Å². The first kappa shape index (κ1) is 25.7. The highest BCUT2D eigenvalue weighted by molar-refractivity contribution is 6.35. The number of nitrogens with zero attached hydrogens (tertiary/aromatic N) is 6. The van der Waals surface area contributed by atoms with Gasteiger partial charge in [-0.1, -0.05) is 11.6 Å². The van der Waals surface area contributed by atoms with Crippen molar-refractivity contribution in [3.8, 4) is 11.3 Å². The molecular formula is C24H25ClF5N7. The van der Waals surface area contributed by atoms with Crippen molar-refractivity contribution in [2.45, 2.75) is 37.7 Å². The predicted molar refractivity (Wildman–Crippen MR) is 130 cm³/mol. The summed E-state index contributed by atoms with van der Waals surface area (Å²) in [6, 6.07) is 2.79. The van der Waals surface area contributed by atoms with Gasteiger partial charge in [-0.15, -0.1) is 0 Å². The Morgan fingerprint density at radius 3 is 2.57 bits per heavy atom. The molecule has 2 fully saturated rings. The van der Waals surface area contributed by atoms with Gasteiger partial charge in [0.15, 0.2) is 5.82 Å². The van der Waals surface area contributed by atoms with E-state index >= 15 is 4.39 Å². The van der Waals surface area contributed by atoms with Crippen molar-refractivity contribution in [1.29, 1.82) is 0 Å². The van der Waals surface area contributed by atoms with Crippen LogP contribution in [0.4, 0.5) is 33.6 Å². The summed E-state index contributed by atoms with van der Waals surface area (Å²) in [5.41, 5.74) is 4.76. The van der Waals surface area contributed by atoms with Gasteiger partial charge < -0.3 is 20.1 Å². The van der Waals surface area contributed by atoms with Crippen molar-refractivity contribution >= 4 is 23.2 Å². The number of rotatable bonds is 6. The van der Waals surface area contributed by atoms with Crippen molar-refractivity contribution in [2.75, 3.05) is 43.4 Å². The second kappa shape index (κ2) is 10.1. The normalized spacial score (nSPS) is 20.8. The van der Waals surface area contributed by atoms with Crippen molar-refractivity contribution < 1.29 is 22.0 Å². The third-order valence-corrected chi connectivity index (χ3v) is 7.31. The Labute approximate surface area is 215 Å². The van der Waals surface area contributed by atoms with E-state index < -0.39 is 29.6 Å². The molecule has 2 aliphatic heterocycles. The van der Waals surface area contributed by atoms with Crippen LogP contribution in [0.2, 0.25) is 5.02 Å². The summed E-state index contributed by atoms with van der Waals surface area (Å²) in [6.07, 6.45) is -1.81. The van der Waals surface area contributed by atoms with Gasteiger partial charge in [-0.25, -0.2) is 23.7 Å². The number of benzene rings is 1. The molecule has 2 atom stereocenters. The van der Waals surface area contributed by atoms with Crippen LogP contribution in [-0.2, 0) is 12.7 Å². The Balaban J connectivity index is 1.44. The van der Waals surface area contributed by atoms with Gasteiger partial charge in [-0.2, -0.15) is 13.2 Å². The van der Waals surface area contributed by atoms with E-state index in [2.05, 4.69) is 19.9 Å². The van der Waals surface area contributed by atoms with Crippen LogP contribution in [0.1, 0.15) is 30.1 Å². The minimum atomic E-state index is -4.84. The van der Waals surface area contributed by atoms with Crippen molar-refractivity contribution in [3.63, 3.8) is 0 Å². The van der Waals surface area contributed by atoms with E-state index in [0.29, 0.717) is 37.7 Å². The molecule has 5 rings (SSSR count). The lowest BCUT2D eigenvalue weighted by molar-refractivity contribution is -0.139. The molecule has 7 nitrogen and oxygen atoms in total. The Bertz CT molecular complexity index is 1280. The molecule has 0 amide bonds. The number of anilines is 2. The molecular weight excluding hydrogens is 517 g/mol. The molecule has 2 aliphatic rings. The summed E-state index contributed by atoms with van der Waals surface area (Å²) < 4.78 is 71.2. The summed E-state index contributed by atoms with van der Waals surface area (Å²) >= 11 is 6.23. The molecule has 0 aliphatic carbocycles. The lowest BCUT2D eigenvalue weighted by Gasteiger charge is -2.36. The maximum Gasteiger partial charge on any atom is 0.419 e. The molecule has 37 heavy (non-hydrogen) atoms. The minimum absolute atomic E-state index is 0.00999. The number of piperidine rings is 1. The van der Waals surface area contributed by atoms with E-state index in [1.54, 1.807) is 11.1 Å². The Morgan fingerprint density at radius 2 is 1.89 bits per heavy atom. The molecule has 0 bridgehead atoms. The van der Waals surface area contributed by atoms with Crippen molar-refractivity contribution in [3.05, 3.63) is 53.0 Å². The first-order valence-electron chi connectivity index (χ1n) is 11.9. The molecule has 2 aromatic heterocycles. The zero-order valence-corrected chi connectivity index (χ0v) is 20.5. The molecule has 2 saturated heterocycles. The highest BCUT2D eigenvalue weighted by atomic mass is 35.5. The number of likely N-dealkylation sites (tertiary alicyclic amines) is 1. The number of imidazole rings is 1. The molecule has 0 saturated carbocycles.